The van der Waals surface area contributed by atoms with Gasteiger partial charge in [0.1, 0.15) is 5.82 Å². The predicted octanol–water partition coefficient (Wildman–Crippen LogP) is 4.68. The van der Waals surface area contributed by atoms with Gasteiger partial charge in [-0.3, -0.25) is 4.79 Å². The molecular weight excluding hydrogens is 352 g/mol. The van der Waals surface area contributed by atoms with Gasteiger partial charge in [0.05, 0.1) is 17.7 Å². The molecule has 4 nitrogen and oxygen atoms in total. The Kier molecular flexibility index (Phi) is 4.75. The normalized spacial score (nSPS) is 11.4. The topological polar surface area (TPSA) is 55.1 Å². The second kappa shape index (κ2) is 6.99. The zero-order valence-corrected chi connectivity index (χ0v) is 13.2. The minimum atomic E-state index is -4.49. The van der Waals surface area contributed by atoms with Crippen LogP contribution in [0.2, 0.25) is 0 Å². The maximum atomic E-state index is 12.9. The van der Waals surface area contributed by atoms with E-state index in [1.807, 2.05) is 0 Å². The molecule has 1 N–H and O–H groups in total. The van der Waals surface area contributed by atoms with Crippen molar-refractivity contribution in [1.82, 2.24) is 5.16 Å². The Morgan fingerprint density at radius 2 is 1.81 bits per heavy atom. The maximum Gasteiger partial charge on any atom is 0.416 e. The molecule has 2 aromatic carbocycles. The van der Waals surface area contributed by atoms with Gasteiger partial charge >= 0.3 is 6.18 Å². The van der Waals surface area contributed by atoms with E-state index < -0.39 is 23.5 Å². The molecule has 0 atom stereocenters. The van der Waals surface area contributed by atoms with E-state index in [2.05, 4.69) is 10.5 Å². The van der Waals surface area contributed by atoms with Crippen molar-refractivity contribution < 1.29 is 26.9 Å². The Morgan fingerprint density at radius 3 is 2.50 bits per heavy atom. The van der Waals surface area contributed by atoms with Crippen LogP contribution in [0, 0.1) is 5.82 Å². The van der Waals surface area contributed by atoms with Gasteiger partial charge in [-0.05, 0) is 42.5 Å². The van der Waals surface area contributed by atoms with Gasteiger partial charge in [0.25, 0.3) is 0 Å². The van der Waals surface area contributed by atoms with Crippen molar-refractivity contribution in [3.63, 3.8) is 0 Å². The highest BCUT2D eigenvalue weighted by molar-refractivity contribution is 5.92. The monoisotopic (exact) mass is 364 g/mol. The van der Waals surface area contributed by atoms with E-state index in [0.29, 0.717) is 17.0 Å². The summed E-state index contributed by atoms with van der Waals surface area (Å²) in [4.78, 5) is 12.0. The number of hydrogen-bond donors (Lipinski definition) is 1. The van der Waals surface area contributed by atoms with Crippen LogP contribution < -0.4 is 5.32 Å². The Labute approximate surface area is 145 Å². The molecule has 1 aromatic heterocycles. The zero-order chi connectivity index (χ0) is 18.7. The molecule has 0 saturated heterocycles. The fourth-order valence-corrected chi connectivity index (χ4v) is 2.29. The van der Waals surface area contributed by atoms with E-state index in [-0.39, 0.29) is 12.1 Å². The van der Waals surface area contributed by atoms with Gasteiger partial charge in [0.15, 0.2) is 5.76 Å². The van der Waals surface area contributed by atoms with E-state index in [0.717, 1.165) is 12.1 Å². The van der Waals surface area contributed by atoms with Crippen LogP contribution in [0.5, 0.6) is 0 Å². The Hall–Kier alpha value is -3.16. The third-order valence-electron chi connectivity index (χ3n) is 3.50. The summed E-state index contributed by atoms with van der Waals surface area (Å²) in [6.45, 7) is 0. The van der Waals surface area contributed by atoms with Gasteiger partial charge in [-0.1, -0.05) is 11.2 Å². The summed E-state index contributed by atoms with van der Waals surface area (Å²) in [6.07, 6.45) is -4.67. The average Bonchev–Trinajstić information content (AvgIpc) is 3.03. The summed E-state index contributed by atoms with van der Waals surface area (Å²) in [5.74, 6) is -0.580. The molecule has 3 rings (SSSR count). The minimum absolute atomic E-state index is 0.0343. The minimum Gasteiger partial charge on any atom is -0.356 e. The highest BCUT2D eigenvalue weighted by Gasteiger charge is 2.30. The molecule has 8 heteroatoms. The quantitative estimate of drug-likeness (QED) is 0.684. The lowest BCUT2D eigenvalue weighted by molar-refractivity contribution is -0.137. The molecular formula is C18H12F4N2O2. The summed E-state index contributed by atoms with van der Waals surface area (Å²) < 4.78 is 56.1. The largest absolute Gasteiger partial charge is 0.416 e. The fraction of sp³-hybridized carbons (Fsp3) is 0.111. The molecule has 26 heavy (non-hydrogen) atoms. The van der Waals surface area contributed by atoms with Gasteiger partial charge in [-0.25, -0.2) is 4.39 Å². The molecule has 1 amide bonds. The molecule has 0 unspecified atom stereocenters. The number of rotatable bonds is 4. The standard InChI is InChI=1S/C18H12F4N2O2/c19-13-6-4-11(5-7-13)16-9-15(24-26-16)10-17(25)23-14-3-1-2-12(8-14)18(20,21)22/h1-9H,10H2,(H,23,25). The molecule has 3 aromatic rings. The lowest BCUT2D eigenvalue weighted by atomic mass is 10.1. The summed E-state index contributed by atoms with van der Waals surface area (Å²) in [6, 6.07) is 11.4. The van der Waals surface area contributed by atoms with E-state index in [4.69, 9.17) is 4.52 Å². The third kappa shape index (κ3) is 4.27. The number of nitrogens with zero attached hydrogens (tertiary/aromatic N) is 1. The molecule has 1 heterocycles. The summed E-state index contributed by atoms with van der Waals surface area (Å²) in [5, 5.41) is 6.13. The van der Waals surface area contributed by atoms with E-state index in [9.17, 15) is 22.4 Å². The number of halogens is 4. The first-order valence-electron chi connectivity index (χ1n) is 7.50. The number of benzene rings is 2. The number of amides is 1. The van der Waals surface area contributed by atoms with E-state index in [1.165, 1.54) is 42.5 Å². The lowest BCUT2D eigenvalue weighted by Crippen LogP contribution is -2.15. The highest BCUT2D eigenvalue weighted by Crippen LogP contribution is 2.30. The van der Waals surface area contributed by atoms with Gasteiger partial charge in [0, 0.05) is 17.3 Å². The first-order chi connectivity index (χ1) is 12.3. The van der Waals surface area contributed by atoms with Crippen LogP contribution in [-0.2, 0) is 17.4 Å². The summed E-state index contributed by atoms with van der Waals surface area (Å²) in [7, 11) is 0. The third-order valence-corrected chi connectivity index (χ3v) is 3.50. The van der Waals surface area contributed by atoms with Crippen LogP contribution in [0.15, 0.2) is 59.1 Å². The SMILES string of the molecule is O=C(Cc1cc(-c2ccc(F)cc2)on1)Nc1cccc(C(F)(F)F)c1. The van der Waals surface area contributed by atoms with Crippen molar-refractivity contribution in [2.45, 2.75) is 12.6 Å². The number of carbonyl (C=O) groups is 1. The van der Waals surface area contributed by atoms with Crippen LogP contribution in [0.3, 0.4) is 0 Å². The molecule has 0 fully saturated rings. The molecule has 0 aliphatic carbocycles. The van der Waals surface area contributed by atoms with Crippen molar-refractivity contribution in [3.05, 3.63) is 71.7 Å². The highest BCUT2D eigenvalue weighted by atomic mass is 19.4. The van der Waals surface area contributed by atoms with Crippen molar-refractivity contribution in [1.29, 1.82) is 0 Å². The Bertz CT molecular complexity index is 917. The van der Waals surface area contributed by atoms with Crippen LogP contribution in [-0.4, -0.2) is 11.1 Å². The number of anilines is 1. The number of nitrogens with one attached hydrogen (secondary N) is 1. The first kappa shape index (κ1) is 17.7. The van der Waals surface area contributed by atoms with Gasteiger partial charge < -0.3 is 9.84 Å². The molecule has 0 radical (unpaired) electrons. The zero-order valence-electron chi connectivity index (χ0n) is 13.2. The molecule has 134 valence electrons. The summed E-state index contributed by atoms with van der Waals surface area (Å²) >= 11 is 0. The number of hydrogen-bond acceptors (Lipinski definition) is 3. The van der Waals surface area contributed by atoms with Crippen LogP contribution in [0.4, 0.5) is 23.2 Å². The maximum absolute atomic E-state index is 12.9. The van der Waals surface area contributed by atoms with Crippen LogP contribution >= 0.6 is 0 Å². The van der Waals surface area contributed by atoms with Crippen LogP contribution in [0.1, 0.15) is 11.3 Å². The molecule has 0 aliphatic heterocycles. The molecule has 0 saturated carbocycles. The van der Waals surface area contributed by atoms with Crippen molar-refractivity contribution in [2.24, 2.45) is 0 Å². The molecule has 0 spiro atoms. The van der Waals surface area contributed by atoms with Crippen LogP contribution in [0.25, 0.3) is 11.3 Å². The first-order valence-corrected chi connectivity index (χ1v) is 7.50. The lowest BCUT2D eigenvalue weighted by Gasteiger charge is -2.09. The van der Waals surface area contributed by atoms with Crippen molar-refractivity contribution >= 4 is 11.6 Å². The Balaban J connectivity index is 1.67. The average molecular weight is 364 g/mol. The number of aromatic nitrogens is 1. The molecule has 0 aliphatic rings. The Morgan fingerprint density at radius 1 is 1.08 bits per heavy atom. The summed E-state index contributed by atoms with van der Waals surface area (Å²) in [5.41, 5.74) is 0.0691. The number of carbonyl (C=O) groups excluding carboxylic acids is 1. The molecule has 0 bridgehead atoms. The van der Waals surface area contributed by atoms with Gasteiger partial charge in [0.2, 0.25) is 5.91 Å². The smallest absolute Gasteiger partial charge is 0.356 e. The number of alkyl halides is 3. The van der Waals surface area contributed by atoms with Crippen molar-refractivity contribution in [2.75, 3.05) is 5.32 Å². The second-order valence-electron chi connectivity index (χ2n) is 5.49. The fourth-order valence-electron chi connectivity index (χ4n) is 2.29. The van der Waals surface area contributed by atoms with E-state index >= 15 is 0 Å². The second-order valence-corrected chi connectivity index (χ2v) is 5.49. The van der Waals surface area contributed by atoms with Crippen molar-refractivity contribution in [3.8, 4) is 11.3 Å². The van der Waals surface area contributed by atoms with Gasteiger partial charge in [-0.15, -0.1) is 0 Å². The predicted molar refractivity (Wildman–Crippen MR) is 85.7 cm³/mol. The van der Waals surface area contributed by atoms with Gasteiger partial charge in [-0.2, -0.15) is 13.2 Å². The van der Waals surface area contributed by atoms with E-state index in [1.54, 1.807) is 0 Å².